The number of rotatable bonds is 3. The second-order valence-corrected chi connectivity index (χ2v) is 14.3. The molecule has 0 unspecified atom stereocenters. The molecule has 2 fully saturated rings. The number of fused-ring (bicyclic) bond motifs is 2. The fourth-order valence-electron chi connectivity index (χ4n) is 5.54. The maximum absolute atomic E-state index is 12.1. The van der Waals surface area contributed by atoms with E-state index in [0.29, 0.717) is 0 Å². The minimum absolute atomic E-state index is 0. The van der Waals surface area contributed by atoms with Crippen molar-refractivity contribution in [1.82, 2.24) is 0 Å². The van der Waals surface area contributed by atoms with E-state index in [2.05, 4.69) is 59.0 Å². The van der Waals surface area contributed by atoms with E-state index in [9.17, 15) is 9.90 Å². The Bertz CT molecular complexity index is 1320. The van der Waals surface area contributed by atoms with Crippen LogP contribution in [0.2, 0.25) is 13.1 Å². The Kier molecular flexibility index (Phi) is 5.48. The minimum Gasteiger partial charge on any atom is -0.545 e. The predicted molar refractivity (Wildman–Crippen MR) is 141 cm³/mol. The van der Waals surface area contributed by atoms with Crippen molar-refractivity contribution in [2.75, 3.05) is 31.1 Å². The van der Waals surface area contributed by atoms with E-state index in [1.54, 1.807) is 12.1 Å². The maximum atomic E-state index is 12.1. The lowest BCUT2D eigenvalue weighted by Crippen LogP contribution is -2.50. The van der Waals surface area contributed by atoms with Crippen LogP contribution in [-0.4, -0.2) is 50.5 Å². The molecule has 0 saturated carbocycles. The fourth-order valence-corrected chi connectivity index (χ4v) is 8.61. The number of nitrogens with zero attached hydrogens (tertiary/aromatic N) is 2. The lowest BCUT2D eigenvalue weighted by atomic mass is 9.87. The van der Waals surface area contributed by atoms with Gasteiger partial charge in [-0.05, 0) is 57.3 Å². The van der Waals surface area contributed by atoms with E-state index < -0.39 is 14.0 Å². The molecule has 1 aliphatic carbocycles. The van der Waals surface area contributed by atoms with Gasteiger partial charge >= 0.3 is 0 Å². The third-order valence-corrected chi connectivity index (χ3v) is 11.3. The van der Waals surface area contributed by atoms with Gasteiger partial charge in [-0.3, -0.25) is 0 Å². The van der Waals surface area contributed by atoms with Crippen molar-refractivity contribution in [1.29, 1.82) is 0 Å². The molecular formula is C29H32N2O2Si. The highest BCUT2D eigenvalue weighted by molar-refractivity contribution is 6.98. The topological polar surface area (TPSA) is 46.4 Å². The van der Waals surface area contributed by atoms with Gasteiger partial charge in [0, 0.05) is 36.5 Å². The molecule has 6 rings (SSSR count). The van der Waals surface area contributed by atoms with Crippen molar-refractivity contribution in [3.63, 3.8) is 0 Å². The third-order valence-electron chi connectivity index (χ3n) is 7.75. The van der Waals surface area contributed by atoms with Crippen LogP contribution in [-0.2, 0) is 0 Å². The van der Waals surface area contributed by atoms with Gasteiger partial charge in [0.1, 0.15) is 21.2 Å². The number of hydrogen-bond donors (Lipinski definition) is 0. The van der Waals surface area contributed by atoms with Crippen LogP contribution in [0.5, 0.6) is 0 Å². The smallest absolute Gasteiger partial charge is 0.199 e. The largest absolute Gasteiger partial charge is 0.545 e. The Morgan fingerprint density at radius 1 is 1.00 bits per heavy atom. The highest BCUT2D eigenvalue weighted by atomic mass is 28.3. The van der Waals surface area contributed by atoms with E-state index in [1.165, 1.54) is 45.8 Å². The highest BCUT2D eigenvalue weighted by Crippen LogP contribution is 2.43. The number of allylic oxidation sites excluding steroid dienone is 5. The molecule has 4 nitrogen and oxygen atoms in total. The number of carbonyl (C=O) groups is 1. The Balaban J connectivity index is 0.00000241. The lowest BCUT2D eigenvalue weighted by molar-refractivity contribution is -0.582. The van der Waals surface area contributed by atoms with Crippen LogP contribution in [0, 0.1) is 0 Å². The fraction of sp³-hybridized carbons (Fsp3) is 0.310. The third kappa shape index (κ3) is 3.33. The number of carboxylic acid groups (broad SMARTS) is 1. The number of aromatic carboxylic acids is 1. The van der Waals surface area contributed by atoms with Gasteiger partial charge in [-0.1, -0.05) is 50.9 Å². The van der Waals surface area contributed by atoms with Gasteiger partial charge < -0.3 is 14.8 Å². The summed E-state index contributed by atoms with van der Waals surface area (Å²) in [5.41, 5.74) is 6.95. The number of carbonyl (C=O) groups excluding carboxylic acids is 1. The van der Waals surface area contributed by atoms with Gasteiger partial charge in [0.25, 0.3) is 0 Å². The normalized spacial score (nSPS) is 19.9. The Hall–Kier alpha value is -3.18. The van der Waals surface area contributed by atoms with Crippen LogP contribution in [0.25, 0.3) is 5.57 Å². The van der Waals surface area contributed by atoms with E-state index >= 15 is 0 Å². The molecule has 2 aromatic rings. The molecule has 0 amide bonds. The molecule has 0 spiro atoms. The Morgan fingerprint density at radius 2 is 1.76 bits per heavy atom. The van der Waals surface area contributed by atoms with Gasteiger partial charge in [-0.15, -0.1) is 0 Å². The molecule has 174 valence electrons. The summed E-state index contributed by atoms with van der Waals surface area (Å²) in [7, 11) is -2.02. The first-order valence-corrected chi connectivity index (χ1v) is 14.9. The van der Waals surface area contributed by atoms with Crippen LogP contribution in [0.1, 0.15) is 41.8 Å². The molecule has 0 aromatic heterocycles. The van der Waals surface area contributed by atoms with E-state index in [4.69, 9.17) is 0 Å². The first kappa shape index (κ1) is 22.6. The molecule has 0 atom stereocenters. The van der Waals surface area contributed by atoms with E-state index in [0.717, 1.165) is 37.3 Å². The lowest BCUT2D eigenvalue weighted by Gasteiger charge is -2.40. The molecule has 34 heavy (non-hydrogen) atoms. The van der Waals surface area contributed by atoms with Crippen molar-refractivity contribution < 1.29 is 14.5 Å². The van der Waals surface area contributed by atoms with Crippen molar-refractivity contribution in [2.24, 2.45) is 0 Å². The zero-order valence-corrected chi connectivity index (χ0v) is 20.2. The SMILES string of the molecule is C.C[Si]1(C)C2=CC(=[N+]3CCC3)C=CC2=C(c2ccccc2C(=O)[O-])c2ccc(N3CCC3)cc21. The number of benzene rings is 2. The quantitative estimate of drug-likeness (QED) is 0.512. The summed E-state index contributed by atoms with van der Waals surface area (Å²) in [6, 6.07) is 14.1. The second-order valence-electron chi connectivity index (χ2n) is 9.97. The summed E-state index contributed by atoms with van der Waals surface area (Å²) in [6.45, 7) is 9.32. The van der Waals surface area contributed by atoms with Crippen LogP contribution >= 0.6 is 0 Å². The van der Waals surface area contributed by atoms with E-state index in [1.807, 2.05) is 12.1 Å². The number of carboxylic acids is 1. The van der Waals surface area contributed by atoms with Crippen LogP contribution in [0.3, 0.4) is 0 Å². The number of hydrogen-bond acceptors (Lipinski definition) is 3. The molecule has 3 aliphatic heterocycles. The summed E-state index contributed by atoms with van der Waals surface area (Å²) in [5, 5.41) is 14.9. The van der Waals surface area contributed by atoms with Gasteiger partial charge in [0.15, 0.2) is 5.71 Å². The van der Waals surface area contributed by atoms with Gasteiger partial charge in [-0.2, -0.15) is 0 Å². The van der Waals surface area contributed by atoms with Gasteiger partial charge in [0.2, 0.25) is 0 Å². The summed E-state index contributed by atoms with van der Waals surface area (Å²) in [4.78, 5) is 14.5. The van der Waals surface area contributed by atoms with Gasteiger partial charge in [0.05, 0.1) is 12.4 Å². The second kappa shape index (κ2) is 8.24. The number of anilines is 1. The molecule has 0 N–H and O–H groups in total. The first-order valence-electron chi connectivity index (χ1n) is 11.9. The summed E-state index contributed by atoms with van der Waals surface area (Å²) in [6.07, 6.45) is 9.32. The predicted octanol–water partition coefficient (Wildman–Crippen LogP) is 3.52. The van der Waals surface area contributed by atoms with E-state index in [-0.39, 0.29) is 13.0 Å². The van der Waals surface area contributed by atoms with Gasteiger partial charge in [-0.25, -0.2) is 4.58 Å². The zero-order chi connectivity index (χ0) is 22.7. The van der Waals surface area contributed by atoms with Crippen molar-refractivity contribution in [2.45, 2.75) is 33.4 Å². The summed E-state index contributed by atoms with van der Waals surface area (Å²) >= 11 is 0. The minimum atomic E-state index is -2.02. The van der Waals surface area contributed by atoms with Crippen LogP contribution in [0.15, 0.2) is 71.5 Å². The zero-order valence-electron chi connectivity index (χ0n) is 19.2. The molecular weight excluding hydrogens is 436 g/mol. The highest BCUT2D eigenvalue weighted by Gasteiger charge is 2.41. The summed E-state index contributed by atoms with van der Waals surface area (Å²) < 4.78 is 2.44. The molecule has 2 aromatic carbocycles. The van der Waals surface area contributed by atoms with Crippen molar-refractivity contribution in [3.05, 3.63) is 88.2 Å². The maximum Gasteiger partial charge on any atom is 0.199 e. The van der Waals surface area contributed by atoms with Crippen LogP contribution in [0.4, 0.5) is 5.69 Å². The standard InChI is InChI=1S/C28H28N2O2Si.CH4/c1-33(2)25-17-19(29-13-5-14-29)9-11-23(25)27(21-7-3-4-8-22(21)28(31)32)24-12-10-20(18-26(24)33)30-15-6-16-30;/h3-4,7-12,17-18H,5-6,13-16H2,1-2H3;1H4. The first-order chi connectivity index (χ1) is 15.9. The summed E-state index contributed by atoms with van der Waals surface area (Å²) in [5.74, 6) is -1.13. The van der Waals surface area contributed by atoms with Crippen LogP contribution < -0.4 is 15.2 Å². The average molecular weight is 469 g/mol. The molecule has 5 heteroatoms. The molecule has 2 saturated heterocycles. The molecule has 3 heterocycles. The average Bonchev–Trinajstić information content (AvgIpc) is 2.72. The monoisotopic (exact) mass is 468 g/mol. The molecule has 0 bridgehead atoms. The molecule has 4 aliphatic rings. The van der Waals surface area contributed by atoms with Crippen molar-refractivity contribution >= 4 is 36.2 Å². The van der Waals surface area contributed by atoms with Crippen molar-refractivity contribution in [3.8, 4) is 0 Å². The Morgan fingerprint density at radius 3 is 2.41 bits per heavy atom. The Labute approximate surface area is 203 Å². The molecule has 0 radical (unpaired) electrons.